The Labute approximate surface area is 152 Å². The van der Waals surface area contributed by atoms with Crippen molar-refractivity contribution in [3.8, 4) is 0 Å². The third-order valence-corrected chi connectivity index (χ3v) is 9.47. The van der Waals surface area contributed by atoms with E-state index in [0.29, 0.717) is 23.0 Å². The zero-order valence-electron chi connectivity index (χ0n) is 16.1. The van der Waals surface area contributed by atoms with Gasteiger partial charge in [-0.1, -0.05) is 20.8 Å². The summed E-state index contributed by atoms with van der Waals surface area (Å²) in [6.45, 7) is 8.99. The Kier molecular flexibility index (Phi) is 3.49. The number of rotatable bonds is 0. The van der Waals surface area contributed by atoms with Crippen LogP contribution in [0.4, 0.5) is 0 Å². The van der Waals surface area contributed by atoms with Crippen molar-refractivity contribution in [1.82, 2.24) is 0 Å². The van der Waals surface area contributed by atoms with Crippen LogP contribution in [0.15, 0.2) is 11.8 Å². The van der Waals surface area contributed by atoms with E-state index in [1.807, 2.05) is 0 Å². The zero-order valence-corrected chi connectivity index (χ0v) is 16.1. The lowest BCUT2D eigenvalue weighted by Gasteiger charge is -2.62. The average molecular weight is 347 g/mol. The standard InChI is InChI=1S/C22H34O3/c1-14-12-16-17(20(2)7-4-15(23)13-19(14)20)5-8-21(3)18(16)6-9-22(21)24-10-11-25-22/h4,14,16-19,23H,5-13H2,1-3H3/t14?,16-,17?,18+,19?,20-,21+/m1/s1. The predicted molar refractivity (Wildman–Crippen MR) is 97.0 cm³/mol. The van der Waals surface area contributed by atoms with Gasteiger partial charge in [0.25, 0.3) is 0 Å². The maximum Gasteiger partial charge on any atom is 0.174 e. The summed E-state index contributed by atoms with van der Waals surface area (Å²) < 4.78 is 12.5. The van der Waals surface area contributed by atoms with E-state index in [1.54, 1.807) is 0 Å². The first-order valence-electron chi connectivity index (χ1n) is 10.6. The molecule has 1 N–H and O–H groups in total. The molecule has 3 unspecified atom stereocenters. The Bertz CT molecular complexity index is 592. The number of aliphatic hydroxyl groups excluding tert-OH is 1. The minimum Gasteiger partial charge on any atom is -0.513 e. The molecule has 0 radical (unpaired) electrons. The van der Waals surface area contributed by atoms with Gasteiger partial charge < -0.3 is 14.6 Å². The second-order valence-corrected chi connectivity index (χ2v) is 10.3. The Morgan fingerprint density at radius 2 is 1.76 bits per heavy atom. The Balaban J connectivity index is 1.50. The highest BCUT2D eigenvalue weighted by Gasteiger charge is 2.67. The van der Waals surface area contributed by atoms with Crippen LogP contribution < -0.4 is 0 Å². The third kappa shape index (κ3) is 2.00. The van der Waals surface area contributed by atoms with Gasteiger partial charge >= 0.3 is 0 Å². The molecule has 0 aromatic heterocycles. The Morgan fingerprint density at radius 1 is 1.04 bits per heavy atom. The molecule has 3 saturated carbocycles. The number of aliphatic hydroxyl groups is 1. The molecule has 1 spiro atoms. The first-order valence-corrected chi connectivity index (χ1v) is 10.6. The van der Waals surface area contributed by atoms with Crippen LogP contribution in [0, 0.1) is 40.4 Å². The molecule has 5 rings (SSSR count). The SMILES string of the molecule is CC1C[C@@H]2C(CC[C@@]3(C)[C@H]2CCC32OCCO2)[C@@]2(C)CC=C(O)CC12. The fourth-order valence-corrected chi connectivity index (χ4v) is 8.22. The lowest BCUT2D eigenvalue weighted by molar-refractivity contribution is -0.248. The van der Waals surface area contributed by atoms with E-state index in [-0.39, 0.29) is 11.2 Å². The molecule has 0 bridgehead atoms. The molecular weight excluding hydrogens is 312 g/mol. The van der Waals surface area contributed by atoms with Crippen LogP contribution in [-0.2, 0) is 9.47 Å². The van der Waals surface area contributed by atoms with Gasteiger partial charge in [0.1, 0.15) is 0 Å². The van der Waals surface area contributed by atoms with Crippen molar-refractivity contribution in [2.45, 2.75) is 71.5 Å². The lowest BCUT2D eigenvalue weighted by atomic mass is 9.43. The van der Waals surface area contributed by atoms with Gasteiger partial charge in [0, 0.05) is 18.3 Å². The monoisotopic (exact) mass is 346 g/mol. The van der Waals surface area contributed by atoms with Crippen molar-refractivity contribution in [3.05, 3.63) is 11.8 Å². The highest BCUT2D eigenvalue weighted by molar-refractivity contribution is 5.16. The van der Waals surface area contributed by atoms with E-state index >= 15 is 0 Å². The van der Waals surface area contributed by atoms with Gasteiger partial charge in [-0.05, 0) is 73.2 Å². The summed E-state index contributed by atoms with van der Waals surface area (Å²) in [5.74, 6) is 4.05. The average Bonchev–Trinajstić information content (AvgIpc) is 3.17. The molecule has 3 nitrogen and oxygen atoms in total. The maximum absolute atomic E-state index is 10.1. The molecule has 1 heterocycles. The fourth-order valence-electron chi connectivity index (χ4n) is 8.22. The smallest absolute Gasteiger partial charge is 0.174 e. The highest BCUT2D eigenvalue weighted by atomic mass is 16.7. The van der Waals surface area contributed by atoms with Gasteiger partial charge in [0.05, 0.1) is 19.0 Å². The molecule has 1 saturated heterocycles. The summed E-state index contributed by atoms with van der Waals surface area (Å²) in [6.07, 6.45) is 10.3. The number of fused-ring (bicyclic) bond motifs is 6. The van der Waals surface area contributed by atoms with Crippen LogP contribution in [0.2, 0.25) is 0 Å². The summed E-state index contributed by atoms with van der Waals surface area (Å²) in [5, 5.41) is 10.1. The van der Waals surface area contributed by atoms with Crippen molar-refractivity contribution in [3.63, 3.8) is 0 Å². The molecule has 1 aliphatic heterocycles. The van der Waals surface area contributed by atoms with Gasteiger partial charge in [-0.25, -0.2) is 0 Å². The van der Waals surface area contributed by atoms with Crippen molar-refractivity contribution in [1.29, 1.82) is 0 Å². The largest absolute Gasteiger partial charge is 0.513 e. The first-order chi connectivity index (χ1) is 11.9. The zero-order chi connectivity index (χ0) is 17.4. The molecule has 0 aromatic rings. The van der Waals surface area contributed by atoms with E-state index in [0.717, 1.165) is 50.2 Å². The fraction of sp³-hybridized carbons (Fsp3) is 0.909. The molecule has 140 valence electrons. The summed E-state index contributed by atoms with van der Waals surface area (Å²) in [4.78, 5) is 0. The Morgan fingerprint density at radius 3 is 2.52 bits per heavy atom. The topological polar surface area (TPSA) is 38.7 Å². The normalized spacial score (nSPS) is 53.9. The quantitative estimate of drug-likeness (QED) is 0.665. The van der Waals surface area contributed by atoms with Gasteiger partial charge in [-0.3, -0.25) is 0 Å². The van der Waals surface area contributed by atoms with Crippen LogP contribution in [0.25, 0.3) is 0 Å². The van der Waals surface area contributed by atoms with E-state index < -0.39 is 0 Å². The van der Waals surface area contributed by atoms with Crippen LogP contribution in [0.5, 0.6) is 0 Å². The van der Waals surface area contributed by atoms with Crippen LogP contribution >= 0.6 is 0 Å². The molecule has 7 atom stereocenters. The number of hydrogen-bond acceptors (Lipinski definition) is 3. The summed E-state index contributed by atoms with van der Waals surface area (Å²) in [5.41, 5.74) is 0.559. The van der Waals surface area contributed by atoms with E-state index in [9.17, 15) is 5.11 Å². The lowest BCUT2D eigenvalue weighted by Crippen LogP contribution is -2.57. The molecule has 3 heteroatoms. The van der Waals surface area contributed by atoms with Crippen LogP contribution in [0.1, 0.15) is 65.7 Å². The second kappa shape index (κ2) is 5.25. The van der Waals surface area contributed by atoms with E-state index in [2.05, 4.69) is 26.8 Å². The van der Waals surface area contributed by atoms with Gasteiger partial charge in [0.2, 0.25) is 0 Å². The molecular formula is C22H34O3. The molecule has 4 aliphatic carbocycles. The van der Waals surface area contributed by atoms with Crippen molar-refractivity contribution < 1.29 is 14.6 Å². The number of ether oxygens (including phenoxy) is 2. The first kappa shape index (κ1) is 16.6. The number of hydrogen-bond donors (Lipinski definition) is 1. The Hall–Kier alpha value is -0.540. The van der Waals surface area contributed by atoms with Gasteiger partial charge in [-0.2, -0.15) is 0 Å². The minimum absolute atomic E-state index is 0.195. The summed E-state index contributed by atoms with van der Waals surface area (Å²) >= 11 is 0. The third-order valence-electron chi connectivity index (χ3n) is 9.47. The van der Waals surface area contributed by atoms with Gasteiger partial charge in [-0.15, -0.1) is 0 Å². The van der Waals surface area contributed by atoms with Crippen molar-refractivity contribution >= 4 is 0 Å². The van der Waals surface area contributed by atoms with Crippen molar-refractivity contribution in [2.75, 3.05) is 13.2 Å². The van der Waals surface area contributed by atoms with E-state index in [1.165, 1.54) is 25.7 Å². The molecule has 4 fully saturated rings. The van der Waals surface area contributed by atoms with Gasteiger partial charge in [0.15, 0.2) is 5.79 Å². The van der Waals surface area contributed by atoms with Crippen LogP contribution in [-0.4, -0.2) is 24.1 Å². The minimum atomic E-state index is -0.283. The second-order valence-electron chi connectivity index (χ2n) is 10.3. The van der Waals surface area contributed by atoms with Crippen molar-refractivity contribution in [2.24, 2.45) is 40.4 Å². The molecule has 25 heavy (non-hydrogen) atoms. The summed E-state index contributed by atoms with van der Waals surface area (Å²) in [7, 11) is 0. The molecule has 0 amide bonds. The summed E-state index contributed by atoms with van der Waals surface area (Å²) in [6, 6.07) is 0. The maximum atomic E-state index is 10.1. The van der Waals surface area contributed by atoms with Crippen LogP contribution in [0.3, 0.4) is 0 Å². The number of allylic oxidation sites excluding steroid dienone is 2. The molecule has 5 aliphatic rings. The predicted octanol–water partition coefficient (Wildman–Crippen LogP) is 5.07. The van der Waals surface area contributed by atoms with E-state index in [4.69, 9.17) is 9.47 Å². The highest BCUT2D eigenvalue weighted by Crippen LogP contribution is 2.70. The molecule has 0 aromatic carbocycles.